The normalized spacial score (nSPS) is 15.6. The van der Waals surface area contributed by atoms with Gasteiger partial charge >= 0.3 is 0 Å². The van der Waals surface area contributed by atoms with E-state index in [9.17, 15) is 4.79 Å². The van der Waals surface area contributed by atoms with E-state index in [4.69, 9.17) is 54.4 Å². The van der Waals surface area contributed by atoms with E-state index in [1.165, 1.54) is 16.7 Å². The minimum atomic E-state index is -0.207. The van der Waals surface area contributed by atoms with Gasteiger partial charge in [0, 0.05) is 6.07 Å². The average molecular weight is 560 g/mol. The minimum Gasteiger partial charge on any atom is -0.490 e. The van der Waals surface area contributed by atoms with Crippen LogP contribution in [0.4, 0.5) is 5.69 Å². The molecule has 5 rings (SSSR count). The number of thioether (sulfide) groups is 1. The van der Waals surface area contributed by atoms with Crippen LogP contribution in [0.5, 0.6) is 23.0 Å². The molecule has 0 aliphatic carbocycles. The number of rotatable bonds is 7. The van der Waals surface area contributed by atoms with Crippen molar-refractivity contribution in [2.24, 2.45) is 0 Å². The highest BCUT2D eigenvalue weighted by molar-refractivity contribution is 8.27. The smallest absolute Gasteiger partial charge is 0.270 e. The standard InChI is InChI=1S/C26H19Cl2NO5S2/c1-2-31-22-10-15(4-7-20(22)32-13-16-3-6-18(27)19(28)9-16)11-24-25(30)29(26(35)36-24)17-5-8-21-23(12-17)34-14-33-21/h3-12H,2,13-14H2,1H3/b24-11+. The van der Waals surface area contributed by atoms with Crippen molar-refractivity contribution in [1.29, 1.82) is 0 Å². The quantitative estimate of drug-likeness (QED) is 0.226. The second-order valence-corrected chi connectivity index (χ2v) is 10.2. The summed E-state index contributed by atoms with van der Waals surface area (Å²) < 4.78 is 23.0. The Labute approximate surface area is 227 Å². The minimum absolute atomic E-state index is 0.159. The number of anilines is 1. The summed E-state index contributed by atoms with van der Waals surface area (Å²) in [6, 6.07) is 16.2. The third kappa shape index (κ3) is 5.13. The van der Waals surface area contributed by atoms with Crippen LogP contribution < -0.4 is 23.8 Å². The molecule has 1 saturated heterocycles. The zero-order valence-corrected chi connectivity index (χ0v) is 22.1. The first-order valence-electron chi connectivity index (χ1n) is 10.9. The Balaban J connectivity index is 1.35. The molecule has 2 heterocycles. The van der Waals surface area contributed by atoms with E-state index in [-0.39, 0.29) is 12.7 Å². The number of carbonyl (C=O) groups is 1. The van der Waals surface area contributed by atoms with Gasteiger partial charge in [0.15, 0.2) is 27.3 Å². The third-order valence-corrected chi connectivity index (χ3v) is 7.39. The highest BCUT2D eigenvalue weighted by Gasteiger charge is 2.34. The highest BCUT2D eigenvalue weighted by atomic mass is 35.5. The maximum absolute atomic E-state index is 13.2. The van der Waals surface area contributed by atoms with E-state index >= 15 is 0 Å². The van der Waals surface area contributed by atoms with Crippen LogP contribution in [0.25, 0.3) is 6.08 Å². The van der Waals surface area contributed by atoms with Gasteiger partial charge in [0.2, 0.25) is 6.79 Å². The number of halogens is 2. The van der Waals surface area contributed by atoms with Crippen LogP contribution in [0.2, 0.25) is 10.0 Å². The number of carbonyl (C=O) groups excluding carboxylic acids is 1. The average Bonchev–Trinajstić information content (AvgIpc) is 3.44. The zero-order valence-electron chi connectivity index (χ0n) is 19.0. The molecule has 0 radical (unpaired) electrons. The van der Waals surface area contributed by atoms with Gasteiger partial charge in [-0.15, -0.1) is 0 Å². The van der Waals surface area contributed by atoms with Gasteiger partial charge in [-0.2, -0.15) is 0 Å². The molecule has 0 aromatic heterocycles. The van der Waals surface area contributed by atoms with Crippen LogP contribution in [0.3, 0.4) is 0 Å². The molecule has 0 spiro atoms. The van der Waals surface area contributed by atoms with Crippen molar-refractivity contribution in [1.82, 2.24) is 0 Å². The van der Waals surface area contributed by atoms with Gasteiger partial charge in [-0.3, -0.25) is 9.69 Å². The van der Waals surface area contributed by atoms with Crippen LogP contribution in [0.15, 0.2) is 59.5 Å². The SMILES string of the molecule is CCOc1cc(/C=C2/SC(=S)N(c3ccc4c(c3)OCO4)C2=O)ccc1OCc1ccc(Cl)c(Cl)c1. The molecule has 2 aliphatic rings. The Kier molecular flexibility index (Phi) is 7.29. The second-order valence-electron chi connectivity index (χ2n) is 7.73. The third-order valence-electron chi connectivity index (χ3n) is 5.35. The van der Waals surface area contributed by atoms with E-state index in [2.05, 4.69) is 0 Å². The summed E-state index contributed by atoms with van der Waals surface area (Å²) in [5, 5.41) is 0.958. The number of thiocarbonyl (C=S) groups is 1. The van der Waals surface area contributed by atoms with E-state index in [0.29, 0.717) is 61.2 Å². The fourth-order valence-corrected chi connectivity index (χ4v) is 5.28. The summed E-state index contributed by atoms with van der Waals surface area (Å²) in [5.74, 6) is 2.17. The number of hydrogen-bond acceptors (Lipinski definition) is 7. The number of ether oxygens (including phenoxy) is 4. The molecule has 3 aromatic rings. The molecule has 0 N–H and O–H groups in total. The number of amides is 1. The van der Waals surface area contributed by atoms with Crippen LogP contribution in [-0.4, -0.2) is 23.6 Å². The monoisotopic (exact) mass is 559 g/mol. The highest BCUT2D eigenvalue weighted by Crippen LogP contribution is 2.41. The molecule has 0 bridgehead atoms. The largest absolute Gasteiger partial charge is 0.490 e. The van der Waals surface area contributed by atoms with Crippen LogP contribution >= 0.6 is 47.2 Å². The fourth-order valence-electron chi connectivity index (χ4n) is 3.66. The Morgan fingerprint density at radius 3 is 2.64 bits per heavy atom. The molecular formula is C26H19Cl2NO5S2. The molecule has 1 amide bonds. The molecule has 3 aromatic carbocycles. The number of benzene rings is 3. The van der Waals surface area contributed by atoms with Gasteiger partial charge in [-0.25, -0.2) is 0 Å². The van der Waals surface area contributed by atoms with Crippen molar-refractivity contribution < 1.29 is 23.7 Å². The summed E-state index contributed by atoms with van der Waals surface area (Å²) in [6.07, 6.45) is 1.79. The summed E-state index contributed by atoms with van der Waals surface area (Å²) >= 11 is 18.8. The van der Waals surface area contributed by atoms with Crippen molar-refractivity contribution in [3.63, 3.8) is 0 Å². The Bertz CT molecular complexity index is 1390. The predicted molar refractivity (Wildman–Crippen MR) is 147 cm³/mol. The summed E-state index contributed by atoms with van der Waals surface area (Å²) in [5.41, 5.74) is 2.29. The molecule has 184 valence electrons. The van der Waals surface area contributed by atoms with Gasteiger partial charge in [-0.05, 0) is 60.5 Å². The lowest BCUT2D eigenvalue weighted by atomic mass is 10.1. The number of nitrogens with zero attached hydrogens (tertiary/aromatic N) is 1. The van der Waals surface area contributed by atoms with Crippen molar-refractivity contribution in [2.75, 3.05) is 18.3 Å². The lowest BCUT2D eigenvalue weighted by Gasteiger charge is -2.15. The number of hydrogen-bond donors (Lipinski definition) is 0. The maximum Gasteiger partial charge on any atom is 0.270 e. The summed E-state index contributed by atoms with van der Waals surface area (Å²) in [7, 11) is 0. The van der Waals surface area contributed by atoms with E-state index in [1.807, 2.05) is 31.2 Å². The van der Waals surface area contributed by atoms with E-state index < -0.39 is 0 Å². The Hall–Kier alpha value is -2.91. The first-order valence-corrected chi connectivity index (χ1v) is 12.9. The van der Waals surface area contributed by atoms with Crippen LogP contribution in [0.1, 0.15) is 18.1 Å². The number of fused-ring (bicyclic) bond motifs is 1. The van der Waals surface area contributed by atoms with Crippen molar-refractivity contribution in [2.45, 2.75) is 13.5 Å². The molecule has 0 unspecified atom stereocenters. The van der Waals surface area contributed by atoms with Gasteiger partial charge in [0.1, 0.15) is 6.61 Å². The molecule has 0 atom stereocenters. The predicted octanol–water partition coefficient (Wildman–Crippen LogP) is 7.11. The molecule has 10 heteroatoms. The molecule has 1 fully saturated rings. The first kappa shape index (κ1) is 24.8. The van der Waals surface area contributed by atoms with Gasteiger partial charge in [0.05, 0.1) is 27.2 Å². The topological polar surface area (TPSA) is 57.2 Å². The van der Waals surface area contributed by atoms with Crippen molar-refractivity contribution in [3.05, 3.63) is 80.7 Å². The van der Waals surface area contributed by atoms with Crippen molar-refractivity contribution in [3.8, 4) is 23.0 Å². The lowest BCUT2D eigenvalue weighted by molar-refractivity contribution is -0.113. The maximum atomic E-state index is 13.2. The van der Waals surface area contributed by atoms with E-state index in [0.717, 1.165) is 11.1 Å². The Morgan fingerprint density at radius 1 is 1.00 bits per heavy atom. The van der Waals surface area contributed by atoms with Crippen LogP contribution in [0, 0.1) is 0 Å². The van der Waals surface area contributed by atoms with Crippen LogP contribution in [-0.2, 0) is 11.4 Å². The van der Waals surface area contributed by atoms with Gasteiger partial charge in [0.25, 0.3) is 5.91 Å². The molecule has 0 saturated carbocycles. The first-order chi connectivity index (χ1) is 17.4. The van der Waals surface area contributed by atoms with Gasteiger partial charge in [-0.1, -0.05) is 59.3 Å². The summed E-state index contributed by atoms with van der Waals surface area (Å²) in [6.45, 7) is 2.81. The second kappa shape index (κ2) is 10.6. The Morgan fingerprint density at radius 2 is 1.83 bits per heavy atom. The molecular weight excluding hydrogens is 541 g/mol. The van der Waals surface area contributed by atoms with E-state index in [1.54, 1.807) is 36.4 Å². The molecule has 36 heavy (non-hydrogen) atoms. The molecule has 6 nitrogen and oxygen atoms in total. The van der Waals surface area contributed by atoms with Gasteiger partial charge < -0.3 is 18.9 Å². The lowest BCUT2D eigenvalue weighted by Crippen LogP contribution is -2.27. The fraction of sp³-hybridized carbons (Fsp3) is 0.154. The zero-order chi connectivity index (χ0) is 25.2. The summed E-state index contributed by atoms with van der Waals surface area (Å²) in [4.78, 5) is 15.2. The van der Waals surface area contributed by atoms with Crippen molar-refractivity contribution >= 4 is 69.2 Å². The molecule has 2 aliphatic heterocycles.